The highest BCUT2D eigenvalue weighted by Crippen LogP contribution is 2.12. The molecule has 2 amide bonds. The van der Waals surface area contributed by atoms with E-state index in [-0.39, 0.29) is 0 Å². The molecule has 0 aromatic heterocycles. The maximum absolute atomic E-state index is 10.9. The summed E-state index contributed by atoms with van der Waals surface area (Å²) in [5.41, 5.74) is 9.34. The first kappa shape index (κ1) is 16.4. The average molecular weight is 424 g/mol. The second-order valence-electron chi connectivity index (χ2n) is 4.26. The number of halogens is 1. The molecule has 2 aromatic rings. The Labute approximate surface area is 147 Å². The van der Waals surface area contributed by atoms with Crippen molar-refractivity contribution in [2.24, 2.45) is 10.8 Å². The first-order valence-electron chi connectivity index (χ1n) is 6.32. The summed E-state index contributed by atoms with van der Waals surface area (Å²) in [6.07, 6.45) is 0. The molecular weight excluding hydrogens is 411 g/mol. The molecule has 0 radical (unpaired) electrons. The monoisotopic (exact) mass is 424 g/mol. The van der Waals surface area contributed by atoms with Crippen LogP contribution in [0.3, 0.4) is 0 Å². The Balaban J connectivity index is 2.24. The van der Waals surface area contributed by atoms with Crippen LogP contribution in [0.5, 0.6) is 0 Å². The van der Waals surface area contributed by atoms with Crippen molar-refractivity contribution in [1.82, 2.24) is 5.43 Å². The number of nitrogens with two attached hydrogens (primary N) is 1. The van der Waals surface area contributed by atoms with Crippen molar-refractivity contribution in [3.8, 4) is 0 Å². The summed E-state index contributed by atoms with van der Waals surface area (Å²) < 4.78 is 1.13. The molecule has 0 fully saturated rings. The van der Waals surface area contributed by atoms with Gasteiger partial charge in [0.05, 0.1) is 0 Å². The van der Waals surface area contributed by atoms with Gasteiger partial charge in [-0.2, -0.15) is 5.10 Å². The topological polar surface area (TPSA) is 79.5 Å². The minimum atomic E-state index is -0.745. The molecule has 0 saturated heterocycles. The molecule has 0 atom stereocenters. The number of benzene rings is 2. The van der Waals surface area contributed by atoms with Gasteiger partial charge in [0.2, 0.25) is 0 Å². The van der Waals surface area contributed by atoms with Crippen molar-refractivity contribution >= 4 is 57.2 Å². The molecule has 0 spiro atoms. The zero-order valence-corrected chi connectivity index (χ0v) is 14.4. The summed E-state index contributed by atoms with van der Waals surface area (Å²) in [4.78, 5) is 11.3. The molecule has 2 rings (SSSR count). The Bertz CT molecular complexity index is 701. The zero-order chi connectivity index (χ0) is 15.9. The van der Waals surface area contributed by atoms with Gasteiger partial charge in [0.15, 0.2) is 0 Å². The van der Waals surface area contributed by atoms with Crippen LogP contribution in [-0.4, -0.2) is 16.7 Å². The number of carbonyl (C=O) groups excluding carboxylic acids is 1. The first-order chi connectivity index (χ1) is 10.6. The number of hydrogen-bond acceptors (Lipinski definition) is 3. The summed E-state index contributed by atoms with van der Waals surface area (Å²) in [5.74, 6) is 0. The molecule has 5 nitrogen and oxygen atoms in total. The van der Waals surface area contributed by atoms with Gasteiger partial charge in [0, 0.05) is 14.8 Å². The number of nitrogens with zero attached hydrogens (tertiary/aromatic N) is 1. The van der Waals surface area contributed by atoms with Gasteiger partial charge in [-0.3, -0.25) is 0 Å². The molecule has 4 N–H and O–H groups in total. The Kier molecular flexibility index (Phi) is 5.84. The number of hydrogen-bond donors (Lipinski definition) is 3. The van der Waals surface area contributed by atoms with E-state index in [9.17, 15) is 4.79 Å². The Hall–Kier alpha value is -2.00. The van der Waals surface area contributed by atoms with Crippen LogP contribution in [0.25, 0.3) is 0 Å². The normalized spacial score (nSPS) is 10.9. The molecule has 0 aliphatic heterocycles. The van der Waals surface area contributed by atoms with E-state index in [0.717, 1.165) is 14.8 Å². The average Bonchev–Trinajstić information content (AvgIpc) is 2.50. The largest absolute Gasteiger partial charge is 0.350 e. The van der Waals surface area contributed by atoms with Gasteiger partial charge in [0.1, 0.15) is 10.7 Å². The van der Waals surface area contributed by atoms with Crippen LogP contribution in [0.1, 0.15) is 5.56 Å². The maximum atomic E-state index is 10.9. The lowest BCUT2D eigenvalue weighted by Crippen LogP contribution is -2.30. The van der Waals surface area contributed by atoms with Crippen LogP contribution in [-0.2, 0) is 0 Å². The van der Waals surface area contributed by atoms with E-state index in [1.165, 1.54) is 0 Å². The fourth-order valence-electron chi connectivity index (χ4n) is 1.68. The van der Waals surface area contributed by atoms with Crippen molar-refractivity contribution in [2.75, 3.05) is 5.32 Å². The highest BCUT2D eigenvalue weighted by molar-refractivity contribution is 14.1. The van der Waals surface area contributed by atoms with Gasteiger partial charge >= 0.3 is 6.03 Å². The lowest BCUT2D eigenvalue weighted by atomic mass is 10.1. The minimum Gasteiger partial charge on any atom is -0.350 e. The van der Waals surface area contributed by atoms with E-state index in [0.29, 0.717) is 10.7 Å². The third-order valence-corrected chi connectivity index (χ3v) is 3.66. The number of anilines is 1. The van der Waals surface area contributed by atoms with Crippen LogP contribution in [0.15, 0.2) is 59.7 Å². The quantitative estimate of drug-likeness (QED) is 0.306. The molecule has 0 aliphatic carbocycles. The van der Waals surface area contributed by atoms with Gasteiger partial charge in [0.25, 0.3) is 0 Å². The van der Waals surface area contributed by atoms with Gasteiger partial charge in [-0.25, -0.2) is 10.2 Å². The number of nitrogens with one attached hydrogen (secondary N) is 2. The highest BCUT2D eigenvalue weighted by Gasteiger charge is 2.11. The van der Waals surface area contributed by atoms with Crippen molar-refractivity contribution < 1.29 is 4.79 Å². The minimum absolute atomic E-state index is 0.390. The predicted molar refractivity (Wildman–Crippen MR) is 101 cm³/mol. The number of urea groups is 1. The molecule has 0 heterocycles. The fourth-order valence-corrected chi connectivity index (χ4v) is 2.32. The van der Waals surface area contributed by atoms with E-state index in [2.05, 4.69) is 38.4 Å². The summed E-state index contributed by atoms with van der Waals surface area (Å²) >= 11 is 7.62. The van der Waals surface area contributed by atoms with E-state index in [4.69, 9.17) is 18.0 Å². The molecule has 7 heteroatoms. The summed E-state index contributed by atoms with van der Waals surface area (Å²) in [6, 6.07) is 16.3. The van der Waals surface area contributed by atoms with E-state index < -0.39 is 6.03 Å². The van der Waals surface area contributed by atoms with E-state index in [1.54, 1.807) is 0 Å². The highest BCUT2D eigenvalue weighted by atomic mass is 127. The molecule has 0 aliphatic rings. The first-order valence-corrected chi connectivity index (χ1v) is 7.80. The summed E-state index contributed by atoms with van der Waals surface area (Å²) in [6.45, 7) is 0. The van der Waals surface area contributed by atoms with Crippen LogP contribution < -0.4 is 16.5 Å². The van der Waals surface area contributed by atoms with Crippen molar-refractivity contribution in [3.05, 3.63) is 63.7 Å². The summed E-state index contributed by atoms with van der Waals surface area (Å²) in [7, 11) is 0. The Morgan fingerprint density at radius 1 is 1.09 bits per heavy atom. The van der Waals surface area contributed by atoms with Gasteiger partial charge in [-0.1, -0.05) is 42.5 Å². The van der Waals surface area contributed by atoms with Gasteiger partial charge in [-0.15, -0.1) is 0 Å². The molecule has 22 heavy (non-hydrogen) atoms. The summed E-state index contributed by atoms with van der Waals surface area (Å²) in [5, 5.41) is 7.09. The lowest BCUT2D eigenvalue weighted by molar-refractivity contribution is 0.249. The zero-order valence-electron chi connectivity index (χ0n) is 11.4. The second kappa shape index (κ2) is 7.85. The molecule has 0 unspecified atom stereocenters. The van der Waals surface area contributed by atoms with Crippen LogP contribution in [0.4, 0.5) is 10.5 Å². The number of carbonyl (C=O) groups is 1. The second-order valence-corrected chi connectivity index (χ2v) is 5.92. The molecular formula is C15H13IN4OS. The van der Waals surface area contributed by atoms with Gasteiger partial charge < -0.3 is 11.1 Å². The maximum Gasteiger partial charge on any atom is 0.332 e. The lowest BCUT2D eigenvalue weighted by Gasteiger charge is -2.11. The Morgan fingerprint density at radius 2 is 1.73 bits per heavy atom. The number of primary amides is 1. The molecule has 0 saturated carbocycles. The SMILES string of the molecule is NC(=O)N/N=C(\C(=S)Nc1ccc(I)cc1)c1ccccc1. The fraction of sp³-hybridized carbons (Fsp3) is 0. The van der Waals surface area contributed by atoms with E-state index in [1.807, 2.05) is 54.6 Å². The number of hydrazone groups is 1. The van der Waals surface area contributed by atoms with Crippen LogP contribution in [0.2, 0.25) is 0 Å². The predicted octanol–water partition coefficient (Wildman–Crippen LogP) is 3.10. The van der Waals surface area contributed by atoms with Crippen molar-refractivity contribution in [1.29, 1.82) is 0 Å². The molecule has 0 bridgehead atoms. The third kappa shape index (κ3) is 4.78. The smallest absolute Gasteiger partial charge is 0.332 e. The van der Waals surface area contributed by atoms with Crippen LogP contribution in [0, 0.1) is 3.57 Å². The number of rotatable bonds is 4. The molecule has 112 valence electrons. The van der Waals surface area contributed by atoms with Crippen molar-refractivity contribution in [2.45, 2.75) is 0 Å². The number of thiocarbonyl (C=S) groups is 1. The van der Waals surface area contributed by atoms with E-state index >= 15 is 0 Å². The molecule has 2 aromatic carbocycles. The standard InChI is InChI=1S/C15H13IN4OS/c16-11-6-8-12(9-7-11)18-14(22)13(19-20-15(17)21)10-4-2-1-3-5-10/h1-9H,(H,18,22)(H3,17,20,21)/b19-13-. The number of amides is 2. The Morgan fingerprint density at radius 3 is 2.32 bits per heavy atom. The third-order valence-electron chi connectivity index (χ3n) is 2.64. The van der Waals surface area contributed by atoms with Crippen LogP contribution >= 0.6 is 34.8 Å². The van der Waals surface area contributed by atoms with Crippen molar-refractivity contribution in [3.63, 3.8) is 0 Å². The van der Waals surface area contributed by atoms with Gasteiger partial charge in [-0.05, 0) is 46.9 Å².